The molecule has 1 aliphatic rings. The monoisotopic (exact) mass is 348 g/mol. The minimum absolute atomic E-state index is 0.147. The van der Waals surface area contributed by atoms with Gasteiger partial charge in [0.05, 0.1) is 4.90 Å². The number of allylic oxidation sites excluding steroid dienone is 4. The number of ketones is 1. The summed E-state index contributed by atoms with van der Waals surface area (Å²) in [5, 5.41) is 9.33. The van der Waals surface area contributed by atoms with Crippen LogP contribution in [-0.4, -0.2) is 19.3 Å². The van der Waals surface area contributed by atoms with Crippen LogP contribution in [0, 0.1) is 5.92 Å². The fraction of sp³-hybridized carbons (Fsp3) is 0.235. The van der Waals surface area contributed by atoms with Crippen molar-refractivity contribution >= 4 is 15.8 Å². The predicted molar refractivity (Wildman–Crippen MR) is 91.4 cm³/mol. The summed E-state index contributed by atoms with van der Waals surface area (Å²) in [6.45, 7) is 4.20. The topological polar surface area (TPSA) is 95.5 Å². The second-order valence-corrected chi connectivity index (χ2v) is 7.55. The molecule has 3 N–H and O–H groups in total. The third kappa shape index (κ3) is 4.81. The molecule has 1 aliphatic carbocycles. The third-order valence-electron chi connectivity index (χ3n) is 3.29. The van der Waals surface area contributed by atoms with Gasteiger partial charge in [0.25, 0.3) is 10.0 Å². The minimum atomic E-state index is -3.71. The number of carbonyl (C=O) groups excluding carboxylic acids is 1. The Morgan fingerprint density at radius 2 is 1.83 bits per heavy atom. The zero-order valence-corrected chi connectivity index (χ0v) is 14.3. The molecule has 6 nitrogen and oxygen atoms in total. The maximum atomic E-state index is 12.2. The average molecular weight is 348 g/mol. The van der Waals surface area contributed by atoms with Gasteiger partial charge in [-0.1, -0.05) is 26.0 Å². The summed E-state index contributed by atoms with van der Waals surface area (Å²) in [5.74, 6) is -0.387. The lowest BCUT2D eigenvalue weighted by molar-refractivity contribution is -0.113. The number of sulfonamides is 1. The molecule has 0 heterocycles. The molecular formula is C17H20N2O4S. The van der Waals surface area contributed by atoms with Crippen LogP contribution in [-0.2, 0) is 21.2 Å². The van der Waals surface area contributed by atoms with Crippen LogP contribution >= 0.6 is 0 Å². The fourth-order valence-electron chi connectivity index (χ4n) is 2.15. The van der Waals surface area contributed by atoms with Crippen molar-refractivity contribution in [3.8, 4) is 0 Å². The Hall–Kier alpha value is -2.38. The van der Waals surface area contributed by atoms with Crippen molar-refractivity contribution in [2.75, 3.05) is 0 Å². The number of hydrazine groups is 1. The lowest BCUT2D eigenvalue weighted by Gasteiger charge is -2.09. The molecule has 1 aromatic rings. The van der Waals surface area contributed by atoms with E-state index in [0.717, 1.165) is 12.0 Å². The highest BCUT2D eigenvalue weighted by Gasteiger charge is 2.13. The van der Waals surface area contributed by atoms with Gasteiger partial charge in [-0.05, 0) is 53.8 Å². The smallest absolute Gasteiger partial charge is 0.257 e. The highest BCUT2D eigenvalue weighted by Crippen LogP contribution is 2.13. The highest BCUT2D eigenvalue weighted by atomic mass is 32.2. The number of hydrogen-bond donors (Lipinski definition) is 3. The molecule has 7 heteroatoms. The molecule has 24 heavy (non-hydrogen) atoms. The zero-order valence-electron chi connectivity index (χ0n) is 13.5. The third-order valence-corrected chi connectivity index (χ3v) is 4.57. The van der Waals surface area contributed by atoms with Gasteiger partial charge in [0.2, 0.25) is 5.78 Å². The Balaban J connectivity index is 2.01. The Labute approximate surface area is 141 Å². The van der Waals surface area contributed by atoms with E-state index in [1.165, 1.54) is 24.4 Å². The normalized spacial score (nSPS) is 16.5. The highest BCUT2D eigenvalue weighted by molar-refractivity contribution is 7.89. The van der Waals surface area contributed by atoms with E-state index in [4.69, 9.17) is 0 Å². The van der Waals surface area contributed by atoms with Gasteiger partial charge in [0.15, 0.2) is 5.76 Å². The first-order valence-corrected chi connectivity index (χ1v) is 8.96. The largest absolute Gasteiger partial charge is 0.504 e. The second-order valence-electron chi connectivity index (χ2n) is 5.86. The first-order chi connectivity index (χ1) is 11.3. The fourth-order valence-corrected chi connectivity index (χ4v) is 2.98. The molecule has 2 rings (SSSR count). The van der Waals surface area contributed by atoms with Crippen molar-refractivity contribution in [1.82, 2.24) is 10.3 Å². The van der Waals surface area contributed by atoms with E-state index in [-0.39, 0.29) is 4.90 Å². The van der Waals surface area contributed by atoms with Crippen LogP contribution in [0.1, 0.15) is 19.4 Å². The standard InChI is InChI=1S/C17H20N2O4S/c1-12(2)9-13-3-6-15(7-4-13)24(22,23)19-18-11-14-5-8-16(20)17(21)10-14/h3-8,10-12,18-19,21H,9H2,1-2H3. The SMILES string of the molecule is CC(C)Cc1ccc(S(=O)(=O)NNC=C2C=CC(=O)C(O)=C2)cc1. The summed E-state index contributed by atoms with van der Waals surface area (Å²) in [5.41, 5.74) is 4.00. The molecule has 0 atom stereocenters. The summed E-state index contributed by atoms with van der Waals surface area (Å²) in [6, 6.07) is 6.70. The van der Waals surface area contributed by atoms with Crippen LogP contribution in [0.25, 0.3) is 0 Å². The number of aliphatic hydroxyl groups excluding tert-OH is 1. The maximum Gasteiger partial charge on any atom is 0.257 e. The van der Waals surface area contributed by atoms with Crippen LogP contribution < -0.4 is 10.3 Å². The molecule has 0 saturated heterocycles. The van der Waals surface area contributed by atoms with Crippen molar-refractivity contribution in [2.45, 2.75) is 25.2 Å². The number of benzene rings is 1. The first kappa shape index (κ1) is 18.0. The summed E-state index contributed by atoms with van der Waals surface area (Å²) in [4.78, 5) is 13.5. The molecule has 0 radical (unpaired) electrons. The van der Waals surface area contributed by atoms with Crippen LogP contribution in [0.15, 0.2) is 64.9 Å². The molecule has 0 aromatic heterocycles. The quantitative estimate of drug-likeness (QED) is 0.685. The van der Waals surface area contributed by atoms with E-state index >= 15 is 0 Å². The molecule has 0 unspecified atom stereocenters. The van der Waals surface area contributed by atoms with E-state index in [0.29, 0.717) is 11.5 Å². The number of carbonyl (C=O) groups is 1. The van der Waals surface area contributed by atoms with Crippen LogP contribution in [0.2, 0.25) is 0 Å². The van der Waals surface area contributed by atoms with E-state index < -0.39 is 21.6 Å². The Morgan fingerprint density at radius 1 is 1.17 bits per heavy atom. The molecular weight excluding hydrogens is 328 g/mol. The van der Waals surface area contributed by atoms with Crippen molar-refractivity contribution in [3.63, 3.8) is 0 Å². The molecule has 0 spiro atoms. The van der Waals surface area contributed by atoms with Crippen LogP contribution in [0.5, 0.6) is 0 Å². The average Bonchev–Trinajstić information content (AvgIpc) is 2.50. The Bertz CT molecular complexity index is 803. The van der Waals surface area contributed by atoms with E-state index in [1.54, 1.807) is 24.3 Å². The minimum Gasteiger partial charge on any atom is -0.504 e. The van der Waals surface area contributed by atoms with Gasteiger partial charge in [-0.25, -0.2) is 8.42 Å². The lowest BCUT2D eigenvalue weighted by Crippen LogP contribution is -2.33. The molecule has 0 fully saturated rings. The lowest BCUT2D eigenvalue weighted by atomic mass is 10.0. The van der Waals surface area contributed by atoms with E-state index in [9.17, 15) is 18.3 Å². The maximum absolute atomic E-state index is 12.2. The molecule has 0 aliphatic heterocycles. The second kappa shape index (κ2) is 7.46. The predicted octanol–water partition coefficient (Wildman–Crippen LogP) is 2.13. The zero-order chi connectivity index (χ0) is 17.7. The number of rotatable bonds is 6. The van der Waals surface area contributed by atoms with Crippen molar-refractivity contribution < 1.29 is 18.3 Å². The van der Waals surface area contributed by atoms with Gasteiger partial charge in [-0.15, -0.1) is 4.83 Å². The van der Waals surface area contributed by atoms with Crippen molar-refractivity contribution in [1.29, 1.82) is 0 Å². The number of hydrogen-bond acceptors (Lipinski definition) is 5. The Morgan fingerprint density at radius 3 is 2.42 bits per heavy atom. The van der Waals surface area contributed by atoms with Crippen LogP contribution in [0.4, 0.5) is 0 Å². The van der Waals surface area contributed by atoms with Gasteiger partial charge < -0.3 is 10.5 Å². The van der Waals surface area contributed by atoms with E-state index in [1.807, 2.05) is 0 Å². The van der Waals surface area contributed by atoms with Crippen molar-refractivity contribution in [3.05, 3.63) is 65.6 Å². The van der Waals surface area contributed by atoms with Gasteiger partial charge in [-0.3, -0.25) is 4.79 Å². The van der Waals surface area contributed by atoms with E-state index in [2.05, 4.69) is 24.1 Å². The molecule has 128 valence electrons. The molecule has 0 saturated carbocycles. The first-order valence-electron chi connectivity index (χ1n) is 7.47. The summed E-state index contributed by atoms with van der Waals surface area (Å²) in [6.07, 6.45) is 6.13. The Kier molecular flexibility index (Phi) is 5.58. The van der Waals surface area contributed by atoms with Gasteiger partial charge in [0.1, 0.15) is 0 Å². The summed E-state index contributed by atoms with van der Waals surface area (Å²) < 4.78 is 24.4. The van der Waals surface area contributed by atoms with Gasteiger partial charge in [0, 0.05) is 6.20 Å². The molecule has 1 aromatic carbocycles. The molecule has 0 bridgehead atoms. The van der Waals surface area contributed by atoms with Crippen molar-refractivity contribution in [2.24, 2.45) is 5.92 Å². The summed E-state index contributed by atoms with van der Waals surface area (Å²) >= 11 is 0. The number of aliphatic hydroxyl groups is 1. The number of nitrogens with one attached hydrogen (secondary N) is 2. The van der Waals surface area contributed by atoms with Gasteiger partial charge >= 0.3 is 0 Å². The molecule has 0 amide bonds. The van der Waals surface area contributed by atoms with Gasteiger partial charge in [-0.2, -0.15) is 0 Å². The summed E-state index contributed by atoms with van der Waals surface area (Å²) in [7, 11) is -3.71. The van der Waals surface area contributed by atoms with Crippen LogP contribution in [0.3, 0.4) is 0 Å².